The molecule has 0 aliphatic carbocycles. The first-order valence-corrected chi connectivity index (χ1v) is 4.60. The minimum Gasteiger partial charge on any atom is -0.391 e. The fourth-order valence-corrected chi connectivity index (χ4v) is 1.61. The fourth-order valence-electron chi connectivity index (χ4n) is 1.61. The Hall–Kier alpha value is -1.60. The summed E-state index contributed by atoms with van der Waals surface area (Å²) in [6.45, 7) is 1.42. The van der Waals surface area contributed by atoms with Crippen molar-refractivity contribution >= 4 is 5.82 Å². The second kappa shape index (κ2) is 3.64. The number of anilines is 1. The third kappa shape index (κ3) is 1.68. The van der Waals surface area contributed by atoms with Gasteiger partial charge in [0.1, 0.15) is 17.6 Å². The van der Waals surface area contributed by atoms with Crippen molar-refractivity contribution in [1.29, 1.82) is 5.26 Å². The van der Waals surface area contributed by atoms with Gasteiger partial charge in [0.2, 0.25) is 0 Å². The number of hydrogen-bond acceptors (Lipinski definition) is 4. The van der Waals surface area contributed by atoms with Gasteiger partial charge in [-0.25, -0.2) is 4.98 Å². The maximum absolute atomic E-state index is 9.35. The summed E-state index contributed by atoms with van der Waals surface area (Å²) in [5.41, 5.74) is 0.420. The number of nitrogens with zero attached hydrogens (tertiary/aromatic N) is 3. The molecule has 0 amide bonds. The van der Waals surface area contributed by atoms with Crippen LogP contribution in [0.15, 0.2) is 18.2 Å². The van der Waals surface area contributed by atoms with Gasteiger partial charge < -0.3 is 10.0 Å². The lowest BCUT2D eigenvalue weighted by molar-refractivity contribution is 0.198. The molecule has 0 aromatic carbocycles. The normalized spacial score (nSPS) is 20.9. The number of pyridine rings is 1. The fraction of sp³-hybridized carbons (Fsp3) is 0.400. The van der Waals surface area contributed by atoms with Crippen LogP contribution < -0.4 is 4.90 Å². The molecule has 1 aliphatic rings. The molecule has 2 rings (SSSR count). The van der Waals surface area contributed by atoms with Crippen LogP contribution in [-0.2, 0) is 0 Å². The Morgan fingerprint density at radius 2 is 2.43 bits per heavy atom. The standard InChI is InChI=1S/C10H11N3O/c11-6-8-2-1-3-10(12-8)13-5-4-9(14)7-13/h1-3,9,14H,4-5,7H2/t9-/m1/s1. The van der Waals surface area contributed by atoms with Crippen molar-refractivity contribution in [1.82, 2.24) is 4.98 Å². The third-order valence-corrected chi connectivity index (χ3v) is 2.34. The second-order valence-electron chi connectivity index (χ2n) is 3.38. The second-order valence-corrected chi connectivity index (χ2v) is 3.38. The first-order valence-electron chi connectivity index (χ1n) is 4.60. The Balaban J connectivity index is 2.20. The molecule has 72 valence electrons. The van der Waals surface area contributed by atoms with Crippen LogP contribution in [0.25, 0.3) is 0 Å². The number of β-amino-alcohol motifs (C(OH)–C–C–N with tert-alkyl or cyclic N) is 1. The highest BCUT2D eigenvalue weighted by Gasteiger charge is 2.21. The van der Waals surface area contributed by atoms with E-state index in [1.807, 2.05) is 23.1 Å². The lowest BCUT2D eigenvalue weighted by Crippen LogP contribution is -2.22. The molecule has 1 aromatic heterocycles. The summed E-state index contributed by atoms with van der Waals surface area (Å²) in [6.07, 6.45) is 0.515. The van der Waals surface area contributed by atoms with Gasteiger partial charge in [-0.05, 0) is 18.6 Å². The first kappa shape index (κ1) is 8.97. The molecule has 4 nitrogen and oxygen atoms in total. The van der Waals surface area contributed by atoms with Crippen LogP contribution in [0.2, 0.25) is 0 Å². The number of aliphatic hydroxyl groups excluding tert-OH is 1. The van der Waals surface area contributed by atoms with E-state index in [1.54, 1.807) is 6.07 Å². The summed E-state index contributed by atoms with van der Waals surface area (Å²) < 4.78 is 0. The molecule has 1 fully saturated rings. The molecule has 14 heavy (non-hydrogen) atoms. The third-order valence-electron chi connectivity index (χ3n) is 2.34. The Morgan fingerprint density at radius 1 is 1.57 bits per heavy atom. The molecular weight excluding hydrogens is 178 g/mol. The van der Waals surface area contributed by atoms with Crippen LogP contribution in [0.1, 0.15) is 12.1 Å². The number of rotatable bonds is 1. The van der Waals surface area contributed by atoms with Gasteiger partial charge in [0.25, 0.3) is 0 Å². The summed E-state index contributed by atoms with van der Waals surface area (Å²) in [5, 5.41) is 18.0. The molecule has 4 heteroatoms. The zero-order chi connectivity index (χ0) is 9.97. The average molecular weight is 189 g/mol. The Labute approximate surface area is 82.4 Å². The van der Waals surface area contributed by atoms with Crippen LogP contribution in [-0.4, -0.2) is 29.3 Å². The quantitative estimate of drug-likeness (QED) is 0.699. The van der Waals surface area contributed by atoms with Crippen LogP contribution in [0.4, 0.5) is 5.82 Å². The monoisotopic (exact) mass is 189 g/mol. The molecule has 0 spiro atoms. The van der Waals surface area contributed by atoms with E-state index in [4.69, 9.17) is 5.26 Å². The van der Waals surface area contributed by atoms with E-state index in [-0.39, 0.29) is 6.10 Å². The predicted octanol–water partition coefficient (Wildman–Crippen LogP) is 0.524. The number of nitriles is 1. The lowest BCUT2D eigenvalue weighted by atomic mass is 10.3. The molecule has 0 unspecified atom stereocenters. The molecule has 1 atom stereocenters. The molecule has 1 N–H and O–H groups in total. The largest absolute Gasteiger partial charge is 0.391 e. The van der Waals surface area contributed by atoms with E-state index in [1.165, 1.54) is 0 Å². The summed E-state index contributed by atoms with van der Waals surface area (Å²) in [6, 6.07) is 7.35. The van der Waals surface area contributed by atoms with E-state index in [0.29, 0.717) is 12.2 Å². The lowest BCUT2D eigenvalue weighted by Gasteiger charge is -2.15. The van der Waals surface area contributed by atoms with E-state index in [0.717, 1.165) is 18.8 Å². The maximum Gasteiger partial charge on any atom is 0.142 e. The topological polar surface area (TPSA) is 60.2 Å². The van der Waals surface area contributed by atoms with E-state index < -0.39 is 0 Å². The molecule has 1 aromatic rings. The molecule has 0 bridgehead atoms. The summed E-state index contributed by atoms with van der Waals surface area (Å²) in [5.74, 6) is 0.778. The van der Waals surface area contributed by atoms with Gasteiger partial charge in [0.05, 0.1) is 6.10 Å². The highest BCUT2D eigenvalue weighted by molar-refractivity contribution is 5.42. The van der Waals surface area contributed by atoms with Crippen LogP contribution in [0.5, 0.6) is 0 Å². The average Bonchev–Trinajstić information content (AvgIpc) is 2.65. The minimum absolute atomic E-state index is 0.262. The van der Waals surface area contributed by atoms with Gasteiger partial charge in [-0.2, -0.15) is 5.26 Å². The van der Waals surface area contributed by atoms with E-state index >= 15 is 0 Å². The zero-order valence-electron chi connectivity index (χ0n) is 7.72. The van der Waals surface area contributed by atoms with Gasteiger partial charge in [-0.1, -0.05) is 6.07 Å². The van der Waals surface area contributed by atoms with E-state index in [9.17, 15) is 5.11 Å². The van der Waals surface area contributed by atoms with Gasteiger partial charge in [0.15, 0.2) is 0 Å². The zero-order valence-corrected chi connectivity index (χ0v) is 7.72. The number of aliphatic hydroxyl groups is 1. The Bertz CT molecular complexity index is 372. The molecule has 2 heterocycles. The van der Waals surface area contributed by atoms with Gasteiger partial charge in [-0.15, -0.1) is 0 Å². The highest BCUT2D eigenvalue weighted by Crippen LogP contribution is 2.17. The smallest absolute Gasteiger partial charge is 0.142 e. The maximum atomic E-state index is 9.35. The summed E-state index contributed by atoms with van der Waals surface area (Å²) in [4.78, 5) is 6.15. The molecule has 1 aliphatic heterocycles. The Kier molecular flexibility index (Phi) is 2.33. The first-order chi connectivity index (χ1) is 6.79. The SMILES string of the molecule is N#Cc1cccc(N2CC[C@@H](O)C2)n1. The molecule has 1 saturated heterocycles. The summed E-state index contributed by atoms with van der Waals surface area (Å²) >= 11 is 0. The Morgan fingerprint density at radius 3 is 3.07 bits per heavy atom. The van der Waals surface area contributed by atoms with Crippen LogP contribution >= 0.6 is 0 Å². The molecule has 0 radical (unpaired) electrons. The van der Waals surface area contributed by atoms with Crippen molar-refractivity contribution in [3.05, 3.63) is 23.9 Å². The van der Waals surface area contributed by atoms with Crippen LogP contribution in [0, 0.1) is 11.3 Å². The highest BCUT2D eigenvalue weighted by atomic mass is 16.3. The number of hydrogen-bond donors (Lipinski definition) is 1. The van der Waals surface area contributed by atoms with Crippen molar-refractivity contribution in [3.63, 3.8) is 0 Å². The predicted molar refractivity (Wildman–Crippen MR) is 51.8 cm³/mol. The van der Waals surface area contributed by atoms with Gasteiger partial charge >= 0.3 is 0 Å². The van der Waals surface area contributed by atoms with Crippen molar-refractivity contribution in [2.45, 2.75) is 12.5 Å². The van der Waals surface area contributed by atoms with Crippen molar-refractivity contribution in [3.8, 4) is 6.07 Å². The van der Waals surface area contributed by atoms with E-state index in [2.05, 4.69) is 4.98 Å². The van der Waals surface area contributed by atoms with Crippen molar-refractivity contribution < 1.29 is 5.11 Å². The summed E-state index contributed by atoms with van der Waals surface area (Å²) in [7, 11) is 0. The van der Waals surface area contributed by atoms with Gasteiger partial charge in [-0.3, -0.25) is 0 Å². The van der Waals surface area contributed by atoms with Gasteiger partial charge in [0, 0.05) is 13.1 Å². The molecule has 0 saturated carbocycles. The van der Waals surface area contributed by atoms with Crippen molar-refractivity contribution in [2.24, 2.45) is 0 Å². The minimum atomic E-state index is -0.262. The molecular formula is C10H11N3O. The van der Waals surface area contributed by atoms with Crippen LogP contribution in [0.3, 0.4) is 0 Å². The van der Waals surface area contributed by atoms with Crippen molar-refractivity contribution in [2.75, 3.05) is 18.0 Å². The number of aromatic nitrogens is 1.